The lowest BCUT2D eigenvalue weighted by atomic mass is 9.99. The fourth-order valence-electron chi connectivity index (χ4n) is 2.93. The van der Waals surface area contributed by atoms with Crippen molar-refractivity contribution in [3.05, 3.63) is 83.2 Å². The van der Waals surface area contributed by atoms with Gasteiger partial charge in [0, 0.05) is 0 Å². The van der Waals surface area contributed by atoms with E-state index in [2.05, 4.69) is 0 Å². The molecule has 0 atom stereocenters. The van der Waals surface area contributed by atoms with E-state index in [4.69, 9.17) is 5.14 Å². The van der Waals surface area contributed by atoms with Crippen LogP contribution in [0, 0.1) is 17.5 Å². The lowest BCUT2D eigenvalue weighted by Gasteiger charge is -2.10. The standard InChI is InChI=1S/C20H16F3NO3S/c21-16-9-15(10-17(22)20(16)23)14-8-6-12(18(25)11-14)5-7-13-3-1-2-4-19(13)28(24,26)27/h1-4,6,8-11,25H,5,7H2,(H2,24,26,27). The molecule has 0 aliphatic heterocycles. The molecule has 0 aliphatic carbocycles. The lowest BCUT2D eigenvalue weighted by Crippen LogP contribution is -2.14. The van der Waals surface area contributed by atoms with E-state index in [1.165, 1.54) is 18.2 Å². The Kier molecular flexibility index (Phi) is 5.44. The molecule has 3 aromatic rings. The van der Waals surface area contributed by atoms with Gasteiger partial charge in [0.1, 0.15) is 5.75 Å². The fourth-order valence-corrected chi connectivity index (χ4v) is 3.74. The molecule has 3 aromatic carbocycles. The van der Waals surface area contributed by atoms with Crippen LogP contribution in [0.4, 0.5) is 13.2 Å². The van der Waals surface area contributed by atoms with Crippen LogP contribution in [0.3, 0.4) is 0 Å². The van der Waals surface area contributed by atoms with Crippen molar-refractivity contribution < 1.29 is 26.7 Å². The molecule has 0 aliphatic rings. The van der Waals surface area contributed by atoms with Crippen molar-refractivity contribution >= 4 is 10.0 Å². The van der Waals surface area contributed by atoms with Gasteiger partial charge in [0.2, 0.25) is 10.0 Å². The largest absolute Gasteiger partial charge is 0.508 e. The van der Waals surface area contributed by atoms with Crippen LogP contribution in [0.25, 0.3) is 11.1 Å². The van der Waals surface area contributed by atoms with E-state index < -0.39 is 27.5 Å². The highest BCUT2D eigenvalue weighted by Crippen LogP contribution is 2.29. The van der Waals surface area contributed by atoms with Gasteiger partial charge in [-0.3, -0.25) is 0 Å². The molecule has 0 radical (unpaired) electrons. The van der Waals surface area contributed by atoms with Crippen LogP contribution in [-0.2, 0) is 22.9 Å². The number of hydrogen-bond acceptors (Lipinski definition) is 3. The van der Waals surface area contributed by atoms with Crippen molar-refractivity contribution in [3.8, 4) is 16.9 Å². The Balaban J connectivity index is 1.85. The normalized spacial score (nSPS) is 11.6. The summed E-state index contributed by atoms with van der Waals surface area (Å²) in [5.41, 5.74) is 1.41. The molecule has 0 bridgehead atoms. The molecule has 4 nitrogen and oxygen atoms in total. The second-order valence-electron chi connectivity index (χ2n) is 6.25. The molecule has 8 heteroatoms. The summed E-state index contributed by atoms with van der Waals surface area (Å²) in [4.78, 5) is 0.0170. The molecule has 0 fully saturated rings. The zero-order valence-electron chi connectivity index (χ0n) is 14.5. The number of hydrogen-bond donors (Lipinski definition) is 2. The Morgan fingerprint density at radius 1 is 0.821 bits per heavy atom. The number of nitrogens with two attached hydrogens (primary N) is 1. The number of aryl methyl sites for hydroxylation is 2. The SMILES string of the molecule is NS(=O)(=O)c1ccccc1CCc1ccc(-c2cc(F)c(F)c(F)c2)cc1O. The predicted octanol–water partition coefficient (Wildman–Crippen LogP) is 3.91. The van der Waals surface area contributed by atoms with E-state index in [0.717, 1.165) is 12.1 Å². The summed E-state index contributed by atoms with van der Waals surface area (Å²) < 4.78 is 63.2. The summed E-state index contributed by atoms with van der Waals surface area (Å²) in [5, 5.41) is 15.5. The summed E-state index contributed by atoms with van der Waals surface area (Å²) in [6.07, 6.45) is 0.615. The van der Waals surface area contributed by atoms with Gasteiger partial charge in [-0.15, -0.1) is 0 Å². The third-order valence-corrected chi connectivity index (χ3v) is 5.36. The smallest absolute Gasteiger partial charge is 0.238 e. The number of phenols is 1. The third-order valence-electron chi connectivity index (χ3n) is 4.35. The lowest BCUT2D eigenvalue weighted by molar-refractivity contribution is 0.447. The number of benzene rings is 3. The van der Waals surface area contributed by atoms with Crippen LogP contribution < -0.4 is 5.14 Å². The second-order valence-corrected chi connectivity index (χ2v) is 7.78. The minimum atomic E-state index is -3.87. The van der Waals surface area contributed by atoms with E-state index >= 15 is 0 Å². The molecule has 0 aromatic heterocycles. The highest BCUT2D eigenvalue weighted by molar-refractivity contribution is 7.89. The van der Waals surface area contributed by atoms with Crippen molar-refractivity contribution in [2.75, 3.05) is 0 Å². The molecule has 3 N–H and O–H groups in total. The Morgan fingerprint density at radius 2 is 1.43 bits per heavy atom. The highest BCUT2D eigenvalue weighted by atomic mass is 32.2. The van der Waals surface area contributed by atoms with E-state index in [-0.39, 0.29) is 16.2 Å². The Bertz CT molecular complexity index is 1120. The average molecular weight is 407 g/mol. The fraction of sp³-hybridized carbons (Fsp3) is 0.100. The van der Waals surface area contributed by atoms with Gasteiger partial charge in [-0.25, -0.2) is 26.7 Å². The van der Waals surface area contributed by atoms with Crippen molar-refractivity contribution in [3.63, 3.8) is 0 Å². The molecule has 146 valence electrons. The Labute approximate surface area is 160 Å². The quantitative estimate of drug-likeness (QED) is 0.630. The van der Waals surface area contributed by atoms with Crippen LogP contribution in [0.5, 0.6) is 5.75 Å². The molecule has 3 rings (SSSR count). The van der Waals surface area contributed by atoms with Gasteiger partial charge in [-0.05, 0) is 59.4 Å². The number of aromatic hydroxyl groups is 1. The van der Waals surface area contributed by atoms with Crippen molar-refractivity contribution in [1.82, 2.24) is 0 Å². The number of primary sulfonamides is 1. The minimum absolute atomic E-state index is 0.0170. The van der Waals surface area contributed by atoms with Gasteiger partial charge in [0.25, 0.3) is 0 Å². The highest BCUT2D eigenvalue weighted by Gasteiger charge is 2.15. The second kappa shape index (κ2) is 7.65. The van der Waals surface area contributed by atoms with Gasteiger partial charge in [0.05, 0.1) is 4.90 Å². The maximum atomic E-state index is 13.4. The van der Waals surface area contributed by atoms with Crippen LogP contribution >= 0.6 is 0 Å². The summed E-state index contributed by atoms with van der Waals surface area (Å²) >= 11 is 0. The zero-order chi connectivity index (χ0) is 20.5. The number of sulfonamides is 1. The first-order valence-corrected chi connectivity index (χ1v) is 9.79. The maximum Gasteiger partial charge on any atom is 0.238 e. The van der Waals surface area contributed by atoms with E-state index in [1.807, 2.05) is 0 Å². The summed E-state index contributed by atoms with van der Waals surface area (Å²) in [5.74, 6) is -4.33. The molecule has 0 heterocycles. The number of phenolic OH excluding ortho intramolecular Hbond substituents is 1. The molecule has 0 spiro atoms. The molecular weight excluding hydrogens is 391 g/mol. The predicted molar refractivity (Wildman–Crippen MR) is 98.6 cm³/mol. The maximum absolute atomic E-state index is 13.4. The van der Waals surface area contributed by atoms with Gasteiger partial charge in [-0.1, -0.05) is 30.3 Å². The third kappa shape index (κ3) is 4.18. The Hall–Kier alpha value is -2.84. The molecule has 0 saturated heterocycles. The topological polar surface area (TPSA) is 80.4 Å². The summed E-state index contributed by atoms with van der Waals surface area (Å²) in [6.45, 7) is 0. The van der Waals surface area contributed by atoms with E-state index in [1.54, 1.807) is 24.3 Å². The Morgan fingerprint density at radius 3 is 2.04 bits per heavy atom. The van der Waals surface area contributed by atoms with Gasteiger partial charge in [0.15, 0.2) is 17.5 Å². The minimum Gasteiger partial charge on any atom is -0.508 e. The molecular formula is C20H16F3NO3S. The molecule has 0 amide bonds. The monoisotopic (exact) mass is 407 g/mol. The average Bonchev–Trinajstić information content (AvgIpc) is 2.64. The van der Waals surface area contributed by atoms with Gasteiger partial charge >= 0.3 is 0 Å². The van der Waals surface area contributed by atoms with Crippen molar-refractivity contribution in [1.29, 1.82) is 0 Å². The van der Waals surface area contributed by atoms with E-state index in [0.29, 0.717) is 29.5 Å². The summed E-state index contributed by atoms with van der Waals surface area (Å²) in [6, 6.07) is 12.4. The van der Waals surface area contributed by atoms with Crippen molar-refractivity contribution in [2.24, 2.45) is 5.14 Å². The van der Waals surface area contributed by atoms with Crippen molar-refractivity contribution in [2.45, 2.75) is 17.7 Å². The molecule has 28 heavy (non-hydrogen) atoms. The molecule has 0 saturated carbocycles. The van der Waals surface area contributed by atoms with Crippen LogP contribution in [0.1, 0.15) is 11.1 Å². The number of halogens is 3. The first kappa shape index (κ1) is 19.9. The van der Waals surface area contributed by atoms with Crippen LogP contribution in [0.15, 0.2) is 59.5 Å². The van der Waals surface area contributed by atoms with Gasteiger partial charge in [-0.2, -0.15) is 0 Å². The van der Waals surface area contributed by atoms with Gasteiger partial charge < -0.3 is 5.11 Å². The van der Waals surface area contributed by atoms with Crippen LogP contribution in [0.2, 0.25) is 0 Å². The number of rotatable bonds is 5. The van der Waals surface area contributed by atoms with Crippen LogP contribution in [-0.4, -0.2) is 13.5 Å². The first-order valence-electron chi connectivity index (χ1n) is 8.24. The van der Waals surface area contributed by atoms with E-state index in [9.17, 15) is 26.7 Å². The summed E-state index contributed by atoms with van der Waals surface area (Å²) in [7, 11) is -3.87. The molecule has 0 unspecified atom stereocenters. The zero-order valence-corrected chi connectivity index (χ0v) is 15.3. The first-order chi connectivity index (χ1) is 13.2.